The minimum Gasteiger partial charge on any atom is -0.466 e. The molecule has 0 heterocycles. The number of ether oxygens (including phenoxy) is 1. The predicted octanol–water partition coefficient (Wildman–Crippen LogP) is 3.49. The molecule has 0 aliphatic carbocycles. The molecule has 0 aliphatic heterocycles. The van der Waals surface area contributed by atoms with E-state index >= 15 is 0 Å². The van der Waals surface area contributed by atoms with Crippen LogP contribution in [0, 0.1) is 0 Å². The third-order valence-electron chi connectivity index (χ3n) is 1.57. The Morgan fingerprint density at radius 2 is 1.81 bits per heavy atom. The van der Waals surface area contributed by atoms with E-state index in [-0.39, 0.29) is 18.4 Å². The number of carbonyl (C=O) groups excluding carboxylic acids is 1. The van der Waals surface area contributed by atoms with Gasteiger partial charge in [0.05, 0.1) is 7.11 Å². The fraction of sp³-hybridized carbons (Fsp3) is 0.154. The second-order valence-electron chi connectivity index (χ2n) is 2.89. The van der Waals surface area contributed by atoms with E-state index in [1.165, 1.54) is 12.7 Å². The zero-order valence-corrected chi connectivity index (χ0v) is 10.4. The Morgan fingerprint density at radius 3 is 2.00 bits per heavy atom. The molecule has 2 nitrogen and oxygen atoms in total. The monoisotopic (exact) mass is 240 g/mol. The van der Waals surface area contributed by atoms with Gasteiger partial charge < -0.3 is 4.74 Å². The minimum atomic E-state index is -0.347. The topological polar surface area (TPSA) is 26.3 Å². The Morgan fingerprint density at radius 1 is 1.31 bits per heavy atom. The Kier molecular flexibility index (Phi) is 10.5. The number of methoxy groups -OCH3 is 1. The van der Waals surface area contributed by atoms with E-state index in [0.29, 0.717) is 5.57 Å². The van der Waals surface area contributed by atoms with Crippen LogP contribution in [0.2, 0.25) is 0 Å². The SMILES string of the molecule is C=C(C)C(=O)OC.C=Cc1ccccc1.Cl. The highest BCUT2D eigenvalue weighted by molar-refractivity contribution is 5.86. The normalized spacial score (nSPS) is 7.62. The molecule has 0 aromatic heterocycles. The van der Waals surface area contributed by atoms with Crippen LogP contribution >= 0.6 is 12.4 Å². The summed E-state index contributed by atoms with van der Waals surface area (Å²) in [6.07, 6.45) is 1.83. The second-order valence-corrected chi connectivity index (χ2v) is 2.89. The van der Waals surface area contributed by atoms with Crippen molar-refractivity contribution in [2.75, 3.05) is 7.11 Å². The highest BCUT2D eigenvalue weighted by Gasteiger charge is 1.95. The molecule has 1 rings (SSSR count). The molecule has 0 bridgehead atoms. The molecule has 0 atom stereocenters. The molecule has 0 unspecified atom stereocenters. The van der Waals surface area contributed by atoms with Crippen molar-refractivity contribution < 1.29 is 9.53 Å². The Bertz CT molecular complexity index is 331. The first-order chi connectivity index (χ1) is 7.11. The quantitative estimate of drug-likeness (QED) is 0.584. The molecular formula is C13H17ClO2. The van der Waals surface area contributed by atoms with Gasteiger partial charge in [-0.05, 0) is 12.5 Å². The van der Waals surface area contributed by atoms with E-state index < -0.39 is 0 Å². The second kappa shape index (κ2) is 9.99. The largest absolute Gasteiger partial charge is 0.466 e. The predicted molar refractivity (Wildman–Crippen MR) is 70.6 cm³/mol. The molecule has 0 amide bonds. The molecule has 3 heteroatoms. The zero-order chi connectivity index (χ0) is 11.7. The number of hydrogen-bond donors (Lipinski definition) is 0. The summed E-state index contributed by atoms with van der Waals surface area (Å²) < 4.78 is 4.27. The average Bonchev–Trinajstić information content (AvgIpc) is 2.29. The highest BCUT2D eigenvalue weighted by Crippen LogP contribution is 1.97. The number of esters is 1. The van der Waals surface area contributed by atoms with Crippen molar-refractivity contribution in [2.45, 2.75) is 6.92 Å². The molecule has 0 spiro atoms. The third-order valence-corrected chi connectivity index (χ3v) is 1.57. The van der Waals surface area contributed by atoms with Gasteiger partial charge in [-0.1, -0.05) is 49.6 Å². The minimum absolute atomic E-state index is 0. The van der Waals surface area contributed by atoms with Gasteiger partial charge in [-0.2, -0.15) is 0 Å². The van der Waals surface area contributed by atoms with Crippen LogP contribution in [-0.2, 0) is 9.53 Å². The summed E-state index contributed by atoms with van der Waals surface area (Å²) in [4.78, 5) is 10.2. The lowest BCUT2D eigenvalue weighted by molar-refractivity contribution is -0.136. The molecule has 1 aromatic rings. The van der Waals surface area contributed by atoms with Gasteiger partial charge in [-0.25, -0.2) is 4.79 Å². The van der Waals surface area contributed by atoms with Crippen LogP contribution in [-0.4, -0.2) is 13.1 Å². The Balaban J connectivity index is 0. The summed E-state index contributed by atoms with van der Waals surface area (Å²) in [5, 5.41) is 0. The van der Waals surface area contributed by atoms with Gasteiger partial charge in [-0.3, -0.25) is 0 Å². The van der Waals surface area contributed by atoms with Crippen LogP contribution in [0.5, 0.6) is 0 Å². The Hall–Kier alpha value is -1.54. The van der Waals surface area contributed by atoms with Crippen LogP contribution in [0.3, 0.4) is 0 Å². The maximum absolute atomic E-state index is 10.2. The van der Waals surface area contributed by atoms with Gasteiger partial charge in [0.25, 0.3) is 0 Å². The van der Waals surface area contributed by atoms with Crippen molar-refractivity contribution in [1.82, 2.24) is 0 Å². The molecular weight excluding hydrogens is 224 g/mol. The van der Waals surface area contributed by atoms with E-state index in [0.717, 1.165) is 0 Å². The van der Waals surface area contributed by atoms with Crippen molar-refractivity contribution in [2.24, 2.45) is 0 Å². The van der Waals surface area contributed by atoms with Crippen LogP contribution < -0.4 is 0 Å². The van der Waals surface area contributed by atoms with Crippen LogP contribution in [0.4, 0.5) is 0 Å². The van der Waals surface area contributed by atoms with Crippen molar-refractivity contribution in [3.05, 3.63) is 54.6 Å². The van der Waals surface area contributed by atoms with Gasteiger partial charge in [-0.15, -0.1) is 12.4 Å². The average molecular weight is 241 g/mol. The zero-order valence-electron chi connectivity index (χ0n) is 9.60. The fourth-order valence-corrected chi connectivity index (χ4v) is 0.763. The molecule has 0 saturated carbocycles. The first kappa shape index (κ1) is 16.9. The van der Waals surface area contributed by atoms with Crippen molar-refractivity contribution in [1.29, 1.82) is 0 Å². The number of hydrogen-bond acceptors (Lipinski definition) is 2. The van der Waals surface area contributed by atoms with E-state index in [1.807, 2.05) is 36.4 Å². The van der Waals surface area contributed by atoms with E-state index in [4.69, 9.17) is 0 Å². The van der Waals surface area contributed by atoms with Crippen LogP contribution in [0.1, 0.15) is 12.5 Å². The maximum Gasteiger partial charge on any atom is 0.332 e. The fourth-order valence-electron chi connectivity index (χ4n) is 0.763. The lowest BCUT2D eigenvalue weighted by Crippen LogP contribution is -1.98. The first-order valence-electron chi connectivity index (χ1n) is 4.53. The summed E-state index contributed by atoms with van der Waals surface area (Å²) in [5.41, 5.74) is 1.61. The summed E-state index contributed by atoms with van der Waals surface area (Å²) in [6, 6.07) is 10.0. The van der Waals surface area contributed by atoms with Crippen molar-refractivity contribution >= 4 is 24.5 Å². The van der Waals surface area contributed by atoms with Gasteiger partial charge >= 0.3 is 5.97 Å². The summed E-state index contributed by atoms with van der Waals surface area (Å²) in [7, 11) is 1.33. The molecule has 16 heavy (non-hydrogen) atoms. The molecule has 0 saturated heterocycles. The first-order valence-corrected chi connectivity index (χ1v) is 4.53. The highest BCUT2D eigenvalue weighted by atomic mass is 35.5. The summed E-state index contributed by atoms with van der Waals surface area (Å²) in [5.74, 6) is -0.347. The maximum atomic E-state index is 10.2. The number of rotatable bonds is 2. The van der Waals surface area contributed by atoms with E-state index in [1.54, 1.807) is 6.92 Å². The van der Waals surface area contributed by atoms with Crippen molar-refractivity contribution in [3.63, 3.8) is 0 Å². The summed E-state index contributed by atoms with van der Waals surface area (Å²) in [6.45, 7) is 8.59. The van der Waals surface area contributed by atoms with Gasteiger partial charge in [0.15, 0.2) is 0 Å². The number of benzene rings is 1. The standard InChI is InChI=1S/C8H8.C5H8O2.ClH/c1-2-8-6-4-3-5-7-8;1-4(2)5(6)7-3;/h2-7H,1H2;1H2,2-3H3;1H. The van der Waals surface area contributed by atoms with Gasteiger partial charge in [0.1, 0.15) is 0 Å². The van der Waals surface area contributed by atoms with Crippen LogP contribution in [0.15, 0.2) is 49.1 Å². The smallest absolute Gasteiger partial charge is 0.332 e. The van der Waals surface area contributed by atoms with E-state index in [9.17, 15) is 4.79 Å². The summed E-state index contributed by atoms with van der Waals surface area (Å²) >= 11 is 0. The molecule has 0 aliphatic rings. The number of halogens is 1. The molecule has 0 radical (unpaired) electrons. The molecule has 1 aromatic carbocycles. The van der Waals surface area contributed by atoms with Crippen molar-refractivity contribution in [3.8, 4) is 0 Å². The lowest BCUT2D eigenvalue weighted by atomic mass is 10.2. The molecule has 88 valence electrons. The van der Waals surface area contributed by atoms with Gasteiger partial charge in [0.2, 0.25) is 0 Å². The van der Waals surface area contributed by atoms with Gasteiger partial charge in [0, 0.05) is 5.57 Å². The number of carbonyl (C=O) groups is 1. The molecule has 0 N–H and O–H groups in total. The third kappa shape index (κ3) is 7.83. The lowest BCUT2D eigenvalue weighted by Gasteiger charge is -1.91. The van der Waals surface area contributed by atoms with E-state index in [2.05, 4.69) is 17.9 Å². The Labute approximate surface area is 103 Å². The molecule has 0 fully saturated rings. The van der Waals surface area contributed by atoms with Crippen LogP contribution in [0.25, 0.3) is 6.08 Å².